The van der Waals surface area contributed by atoms with Gasteiger partial charge in [0.05, 0.1) is 35.3 Å². The van der Waals surface area contributed by atoms with Crippen LogP contribution in [-0.4, -0.2) is 44.7 Å². The summed E-state index contributed by atoms with van der Waals surface area (Å²) in [6.45, 7) is 4.16. The lowest BCUT2D eigenvalue weighted by atomic mass is 10.2. The molecule has 1 aliphatic heterocycles. The highest BCUT2D eigenvalue weighted by molar-refractivity contribution is 6.33. The number of rotatable bonds is 5. The number of hydrogen-bond donors (Lipinski definition) is 1. The SMILES string of the molecule is CC(=O)N(CC(=O)Nc1ccccc1N1CCOCC1)c1ccccc1Cl. The number of carbonyl (C=O) groups excluding carboxylic acids is 2. The lowest BCUT2D eigenvalue weighted by molar-refractivity contribution is -0.120. The van der Waals surface area contributed by atoms with Gasteiger partial charge >= 0.3 is 0 Å². The molecule has 0 spiro atoms. The molecule has 2 aromatic carbocycles. The number of carbonyl (C=O) groups is 2. The van der Waals surface area contributed by atoms with E-state index in [9.17, 15) is 9.59 Å². The first-order chi connectivity index (χ1) is 13.1. The summed E-state index contributed by atoms with van der Waals surface area (Å²) in [4.78, 5) is 28.3. The van der Waals surface area contributed by atoms with Gasteiger partial charge in [0.1, 0.15) is 6.54 Å². The molecule has 0 aliphatic carbocycles. The third-order valence-electron chi connectivity index (χ3n) is 4.35. The minimum Gasteiger partial charge on any atom is -0.378 e. The minimum atomic E-state index is -0.286. The van der Waals surface area contributed by atoms with E-state index in [-0.39, 0.29) is 18.4 Å². The van der Waals surface area contributed by atoms with E-state index in [2.05, 4.69) is 10.2 Å². The second kappa shape index (κ2) is 8.88. The molecule has 0 unspecified atom stereocenters. The first kappa shape index (κ1) is 19.2. The highest BCUT2D eigenvalue weighted by atomic mass is 35.5. The quantitative estimate of drug-likeness (QED) is 0.856. The van der Waals surface area contributed by atoms with E-state index in [0.717, 1.165) is 18.8 Å². The van der Waals surface area contributed by atoms with E-state index in [1.165, 1.54) is 11.8 Å². The van der Waals surface area contributed by atoms with Gasteiger partial charge in [-0.05, 0) is 24.3 Å². The number of nitrogens with one attached hydrogen (secondary N) is 1. The van der Waals surface area contributed by atoms with Crippen molar-refractivity contribution in [3.8, 4) is 0 Å². The monoisotopic (exact) mass is 387 g/mol. The Balaban J connectivity index is 1.75. The number of anilines is 3. The van der Waals surface area contributed by atoms with Gasteiger partial charge in [-0.25, -0.2) is 0 Å². The van der Waals surface area contributed by atoms with Crippen molar-refractivity contribution in [2.45, 2.75) is 6.92 Å². The Kier molecular flexibility index (Phi) is 6.32. The van der Waals surface area contributed by atoms with Crippen LogP contribution in [-0.2, 0) is 14.3 Å². The van der Waals surface area contributed by atoms with Crippen LogP contribution in [0.15, 0.2) is 48.5 Å². The molecule has 1 aliphatic rings. The van der Waals surface area contributed by atoms with Gasteiger partial charge in [-0.2, -0.15) is 0 Å². The molecule has 2 amide bonds. The summed E-state index contributed by atoms with van der Waals surface area (Å²) in [7, 11) is 0. The fourth-order valence-electron chi connectivity index (χ4n) is 3.03. The Hall–Kier alpha value is -2.57. The second-order valence-corrected chi connectivity index (χ2v) is 6.63. The summed E-state index contributed by atoms with van der Waals surface area (Å²) in [6, 6.07) is 14.6. The molecular formula is C20H22ClN3O3. The molecule has 1 saturated heterocycles. The lowest BCUT2D eigenvalue weighted by Gasteiger charge is -2.30. The van der Waals surface area contributed by atoms with Crippen molar-refractivity contribution in [2.75, 3.05) is 48.0 Å². The van der Waals surface area contributed by atoms with Crippen molar-refractivity contribution in [3.63, 3.8) is 0 Å². The molecule has 1 heterocycles. The molecule has 0 saturated carbocycles. The van der Waals surface area contributed by atoms with Gasteiger partial charge < -0.3 is 19.9 Å². The van der Waals surface area contributed by atoms with Gasteiger partial charge in [-0.15, -0.1) is 0 Å². The molecule has 3 rings (SSSR count). The van der Waals surface area contributed by atoms with Crippen LogP contribution in [0.1, 0.15) is 6.92 Å². The Morgan fingerprint density at radius 2 is 1.78 bits per heavy atom. The smallest absolute Gasteiger partial charge is 0.244 e. The summed E-state index contributed by atoms with van der Waals surface area (Å²) < 4.78 is 5.40. The van der Waals surface area contributed by atoms with Crippen molar-refractivity contribution >= 4 is 40.5 Å². The van der Waals surface area contributed by atoms with Crippen LogP contribution in [0.25, 0.3) is 0 Å². The lowest BCUT2D eigenvalue weighted by Crippen LogP contribution is -2.38. The summed E-state index contributed by atoms with van der Waals surface area (Å²) in [6.07, 6.45) is 0. The second-order valence-electron chi connectivity index (χ2n) is 6.22. The molecular weight excluding hydrogens is 366 g/mol. The molecule has 1 fully saturated rings. The van der Waals surface area contributed by atoms with Crippen molar-refractivity contribution in [1.82, 2.24) is 0 Å². The molecule has 6 nitrogen and oxygen atoms in total. The molecule has 27 heavy (non-hydrogen) atoms. The summed E-state index contributed by atoms with van der Waals surface area (Å²) in [5, 5.41) is 3.35. The zero-order valence-electron chi connectivity index (χ0n) is 15.2. The van der Waals surface area contributed by atoms with E-state index in [0.29, 0.717) is 29.6 Å². The average Bonchev–Trinajstić information content (AvgIpc) is 2.68. The van der Waals surface area contributed by atoms with E-state index in [1.54, 1.807) is 24.3 Å². The van der Waals surface area contributed by atoms with E-state index in [1.807, 2.05) is 24.3 Å². The number of amides is 2. The van der Waals surface area contributed by atoms with Crippen molar-refractivity contribution in [1.29, 1.82) is 0 Å². The predicted molar refractivity (Wildman–Crippen MR) is 108 cm³/mol. The molecule has 0 radical (unpaired) electrons. The van der Waals surface area contributed by atoms with E-state index >= 15 is 0 Å². The molecule has 142 valence electrons. The number of nitrogens with zero attached hydrogens (tertiary/aromatic N) is 2. The van der Waals surface area contributed by atoms with Gasteiger partial charge in [0.25, 0.3) is 0 Å². The van der Waals surface area contributed by atoms with Gasteiger partial charge in [-0.1, -0.05) is 35.9 Å². The molecule has 1 N–H and O–H groups in total. The number of para-hydroxylation sites is 3. The van der Waals surface area contributed by atoms with Crippen LogP contribution >= 0.6 is 11.6 Å². The van der Waals surface area contributed by atoms with Gasteiger partial charge in [-0.3, -0.25) is 9.59 Å². The number of morpholine rings is 1. The van der Waals surface area contributed by atoms with Crippen LogP contribution in [0.3, 0.4) is 0 Å². The van der Waals surface area contributed by atoms with E-state index < -0.39 is 0 Å². The van der Waals surface area contributed by atoms with Gasteiger partial charge in [0, 0.05) is 20.0 Å². The predicted octanol–water partition coefficient (Wildman–Crippen LogP) is 3.17. The van der Waals surface area contributed by atoms with Gasteiger partial charge in [0.2, 0.25) is 11.8 Å². The third-order valence-corrected chi connectivity index (χ3v) is 4.67. The van der Waals surface area contributed by atoms with Crippen LogP contribution in [0.5, 0.6) is 0 Å². The average molecular weight is 388 g/mol. The van der Waals surface area contributed by atoms with Crippen LogP contribution in [0, 0.1) is 0 Å². The van der Waals surface area contributed by atoms with E-state index in [4.69, 9.17) is 16.3 Å². The number of hydrogen-bond acceptors (Lipinski definition) is 4. The number of ether oxygens (including phenoxy) is 1. The molecule has 0 aromatic heterocycles. The maximum Gasteiger partial charge on any atom is 0.244 e. The fraction of sp³-hybridized carbons (Fsp3) is 0.300. The first-order valence-electron chi connectivity index (χ1n) is 8.80. The first-order valence-corrected chi connectivity index (χ1v) is 9.18. The molecule has 7 heteroatoms. The Bertz CT molecular complexity index is 822. The van der Waals surface area contributed by atoms with Crippen LogP contribution in [0.4, 0.5) is 17.1 Å². The maximum atomic E-state index is 12.7. The van der Waals surface area contributed by atoms with Crippen molar-refractivity contribution < 1.29 is 14.3 Å². The largest absolute Gasteiger partial charge is 0.378 e. The molecule has 2 aromatic rings. The summed E-state index contributed by atoms with van der Waals surface area (Å²) >= 11 is 6.19. The van der Waals surface area contributed by atoms with Gasteiger partial charge in [0.15, 0.2) is 0 Å². The molecule has 0 bridgehead atoms. The third kappa shape index (κ3) is 4.78. The fourth-order valence-corrected chi connectivity index (χ4v) is 3.27. The number of benzene rings is 2. The Morgan fingerprint density at radius 3 is 2.48 bits per heavy atom. The topological polar surface area (TPSA) is 61.9 Å². The van der Waals surface area contributed by atoms with Crippen LogP contribution in [0.2, 0.25) is 5.02 Å². The maximum absolute atomic E-state index is 12.7. The highest BCUT2D eigenvalue weighted by Gasteiger charge is 2.20. The van der Waals surface area contributed by atoms with Crippen LogP contribution < -0.4 is 15.1 Å². The normalized spacial score (nSPS) is 13.9. The van der Waals surface area contributed by atoms with Crippen molar-refractivity contribution in [3.05, 3.63) is 53.6 Å². The van der Waals surface area contributed by atoms with Crippen molar-refractivity contribution in [2.24, 2.45) is 0 Å². The summed E-state index contributed by atoms with van der Waals surface area (Å²) in [5.41, 5.74) is 2.18. The Labute approximate surface area is 163 Å². The standard InChI is InChI=1S/C20H22ClN3O3/c1-15(25)24(18-8-4-2-6-16(18)21)14-20(26)22-17-7-3-5-9-19(17)23-10-12-27-13-11-23/h2-9H,10-14H2,1H3,(H,22,26). The summed E-state index contributed by atoms with van der Waals surface area (Å²) in [5.74, 6) is -0.537. The highest BCUT2D eigenvalue weighted by Crippen LogP contribution is 2.28. The zero-order chi connectivity index (χ0) is 19.2. The Morgan fingerprint density at radius 1 is 1.11 bits per heavy atom. The zero-order valence-corrected chi connectivity index (χ0v) is 15.9. The number of halogens is 1. The molecule has 0 atom stereocenters. The minimum absolute atomic E-state index is 0.115.